The third-order valence-electron chi connectivity index (χ3n) is 6.57. The molecule has 3 aromatic carbocycles. The van der Waals surface area contributed by atoms with E-state index in [-0.39, 0.29) is 11.7 Å². The first-order valence-electron chi connectivity index (χ1n) is 13.4. The number of ether oxygens (including phenoxy) is 1. The van der Waals surface area contributed by atoms with Crippen LogP contribution >= 0.6 is 0 Å². The second-order valence-electron chi connectivity index (χ2n) is 9.40. The zero-order valence-electron chi connectivity index (χ0n) is 21.9. The Hall–Kier alpha value is -3.93. The number of unbranched alkanes of at least 4 members (excludes halogenated alkanes) is 3. The molecule has 0 unspecified atom stereocenters. The van der Waals surface area contributed by atoms with Crippen LogP contribution in [0.25, 0.3) is 11.0 Å². The molecule has 1 aromatic heterocycles. The molecule has 0 fully saturated rings. The number of hydrogen-bond donors (Lipinski definition) is 1. The lowest BCUT2D eigenvalue weighted by molar-refractivity contribution is 0.0953. The number of imidazole rings is 1. The standard InChI is InChI=1S/C32H36FN3O2/c1-2-12-25-13-5-8-16-30(25)38-24-11-10-23-36-29-15-7-6-14-28(29)35-31(36)17-4-3-9-22-34-32(37)26-18-20-27(33)21-19-26/h2,5-8,13-16,18-21H,1,3-4,9-12,17,22-24H2,(H,34,37). The number of allylic oxidation sites excluding steroid dienone is 1. The number of nitrogens with zero attached hydrogens (tertiary/aromatic N) is 2. The summed E-state index contributed by atoms with van der Waals surface area (Å²) < 4.78 is 21.4. The largest absolute Gasteiger partial charge is 0.493 e. The van der Waals surface area contributed by atoms with Gasteiger partial charge >= 0.3 is 0 Å². The second-order valence-corrected chi connectivity index (χ2v) is 9.40. The first kappa shape index (κ1) is 27.1. The summed E-state index contributed by atoms with van der Waals surface area (Å²) >= 11 is 0. The van der Waals surface area contributed by atoms with E-state index in [1.54, 1.807) is 0 Å². The summed E-state index contributed by atoms with van der Waals surface area (Å²) in [5.74, 6) is 1.54. The van der Waals surface area contributed by atoms with Crippen LogP contribution in [0.15, 0.2) is 85.5 Å². The molecule has 0 spiro atoms. The maximum absolute atomic E-state index is 13.0. The topological polar surface area (TPSA) is 56.1 Å². The van der Waals surface area contributed by atoms with Gasteiger partial charge in [-0.3, -0.25) is 4.79 Å². The van der Waals surface area contributed by atoms with Gasteiger partial charge in [0.2, 0.25) is 0 Å². The van der Waals surface area contributed by atoms with E-state index in [2.05, 4.69) is 40.7 Å². The number of nitrogens with one attached hydrogen (secondary N) is 1. The number of amides is 1. The van der Waals surface area contributed by atoms with E-state index < -0.39 is 0 Å². The lowest BCUT2D eigenvalue weighted by atomic mass is 10.1. The number of rotatable bonds is 15. The molecule has 0 aliphatic heterocycles. The summed E-state index contributed by atoms with van der Waals surface area (Å²) in [6.07, 6.45) is 8.45. The SMILES string of the molecule is C=CCc1ccccc1OCCCCn1c(CCCCCNC(=O)c2ccc(F)cc2)nc2ccccc21. The van der Waals surface area contributed by atoms with Gasteiger partial charge in [0.15, 0.2) is 0 Å². The molecule has 1 amide bonds. The van der Waals surface area contributed by atoms with E-state index in [1.807, 2.05) is 30.3 Å². The molecule has 1 heterocycles. The van der Waals surface area contributed by atoms with Crippen LogP contribution in [0.4, 0.5) is 4.39 Å². The molecule has 0 bridgehead atoms. The number of para-hydroxylation sites is 3. The summed E-state index contributed by atoms with van der Waals surface area (Å²) in [4.78, 5) is 17.1. The quantitative estimate of drug-likeness (QED) is 0.139. The lowest BCUT2D eigenvalue weighted by Crippen LogP contribution is -2.24. The van der Waals surface area contributed by atoms with Crippen molar-refractivity contribution in [1.82, 2.24) is 14.9 Å². The van der Waals surface area contributed by atoms with Gasteiger partial charge in [-0.1, -0.05) is 42.8 Å². The minimum absolute atomic E-state index is 0.167. The van der Waals surface area contributed by atoms with Gasteiger partial charge in [-0.25, -0.2) is 9.37 Å². The van der Waals surface area contributed by atoms with Crippen LogP contribution in [0.3, 0.4) is 0 Å². The van der Waals surface area contributed by atoms with E-state index in [0.29, 0.717) is 18.7 Å². The predicted octanol–water partition coefficient (Wildman–Crippen LogP) is 6.91. The van der Waals surface area contributed by atoms with E-state index in [1.165, 1.54) is 35.3 Å². The van der Waals surface area contributed by atoms with E-state index >= 15 is 0 Å². The average molecular weight is 514 g/mol. The molecular formula is C32H36FN3O2. The van der Waals surface area contributed by atoms with Gasteiger partial charge in [0.05, 0.1) is 17.6 Å². The molecule has 0 aliphatic rings. The van der Waals surface area contributed by atoms with Gasteiger partial charge in [-0.15, -0.1) is 6.58 Å². The summed E-state index contributed by atoms with van der Waals surface area (Å²) in [5, 5.41) is 2.91. The van der Waals surface area contributed by atoms with Crippen molar-refractivity contribution in [2.75, 3.05) is 13.2 Å². The number of fused-ring (bicyclic) bond motifs is 1. The Kier molecular flexibility index (Phi) is 10.1. The summed E-state index contributed by atoms with van der Waals surface area (Å²) in [7, 11) is 0. The van der Waals surface area contributed by atoms with Crippen molar-refractivity contribution in [2.24, 2.45) is 0 Å². The molecule has 6 heteroatoms. The highest BCUT2D eigenvalue weighted by Gasteiger charge is 2.11. The molecule has 38 heavy (non-hydrogen) atoms. The highest BCUT2D eigenvalue weighted by molar-refractivity contribution is 5.94. The number of carbonyl (C=O) groups is 1. The fourth-order valence-electron chi connectivity index (χ4n) is 4.58. The van der Waals surface area contributed by atoms with Crippen molar-refractivity contribution >= 4 is 16.9 Å². The maximum atomic E-state index is 13.0. The van der Waals surface area contributed by atoms with Gasteiger partial charge < -0.3 is 14.6 Å². The van der Waals surface area contributed by atoms with Gasteiger partial charge in [0.1, 0.15) is 17.4 Å². The molecule has 4 rings (SSSR count). The molecule has 5 nitrogen and oxygen atoms in total. The van der Waals surface area contributed by atoms with E-state index in [9.17, 15) is 9.18 Å². The Morgan fingerprint density at radius 1 is 0.947 bits per heavy atom. The molecule has 0 saturated carbocycles. The Morgan fingerprint density at radius 3 is 2.58 bits per heavy atom. The van der Waals surface area contributed by atoms with Crippen molar-refractivity contribution in [1.29, 1.82) is 0 Å². The number of carbonyl (C=O) groups excluding carboxylic acids is 1. The minimum atomic E-state index is -0.342. The Bertz CT molecular complexity index is 1330. The molecular weight excluding hydrogens is 477 g/mol. The second kappa shape index (κ2) is 14.1. The highest BCUT2D eigenvalue weighted by Crippen LogP contribution is 2.21. The van der Waals surface area contributed by atoms with Crippen molar-refractivity contribution in [3.05, 3.63) is 108 Å². The maximum Gasteiger partial charge on any atom is 0.251 e. The van der Waals surface area contributed by atoms with Crippen LogP contribution in [-0.2, 0) is 19.4 Å². The predicted molar refractivity (Wildman–Crippen MR) is 151 cm³/mol. The Morgan fingerprint density at radius 2 is 1.74 bits per heavy atom. The van der Waals surface area contributed by atoms with Crippen LogP contribution in [0, 0.1) is 5.82 Å². The molecule has 0 saturated heterocycles. The molecule has 0 radical (unpaired) electrons. The first-order chi connectivity index (χ1) is 18.7. The summed E-state index contributed by atoms with van der Waals surface area (Å²) in [5.41, 5.74) is 3.85. The van der Waals surface area contributed by atoms with Gasteiger partial charge in [0.25, 0.3) is 5.91 Å². The number of aryl methyl sites for hydroxylation is 2. The van der Waals surface area contributed by atoms with Crippen LogP contribution in [-0.4, -0.2) is 28.6 Å². The summed E-state index contributed by atoms with van der Waals surface area (Å²) in [6, 6.07) is 22.1. The Labute approximate surface area is 224 Å². The lowest BCUT2D eigenvalue weighted by Gasteiger charge is -2.12. The summed E-state index contributed by atoms with van der Waals surface area (Å²) in [6.45, 7) is 6.02. The monoisotopic (exact) mass is 513 g/mol. The normalized spacial score (nSPS) is 11.0. The first-order valence-corrected chi connectivity index (χ1v) is 13.4. The van der Waals surface area contributed by atoms with Crippen molar-refractivity contribution < 1.29 is 13.9 Å². The van der Waals surface area contributed by atoms with Crippen LogP contribution in [0.5, 0.6) is 5.75 Å². The fourth-order valence-corrected chi connectivity index (χ4v) is 4.58. The highest BCUT2D eigenvalue weighted by atomic mass is 19.1. The van der Waals surface area contributed by atoms with E-state index in [0.717, 1.165) is 68.6 Å². The van der Waals surface area contributed by atoms with Crippen LogP contribution < -0.4 is 10.1 Å². The van der Waals surface area contributed by atoms with Gasteiger partial charge in [0, 0.05) is 25.1 Å². The van der Waals surface area contributed by atoms with Crippen molar-refractivity contribution in [3.63, 3.8) is 0 Å². The smallest absolute Gasteiger partial charge is 0.251 e. The third kappa shape index (κ3) is 7.54. The van der Waals surface area contributed by atoms with Gasteiger partial charge in [-0.2, -0.15) is 0 Å². The number of halogens is 1. The third-order valence-corrected chi connectivity index (χ3v) is 6.57. The molecule has 0 aliphatic carbocycles. The zero-order valence-corrected chi connectivity index (χ0v) is 21.9. The van der Waals surface area contributed by atoms with Crippen molar-refractivity contribution in [3.8, 4) is 5.75 Å². The van der Waals surface area contributed by atoms with Gasteiger partial charge in [-0.05, 0) is 80.1 Å². The van der Waals surface area contributed by atoms with Crippen LogP contribution in [0.1, 0.15) is 53.8 Å². The zero-order chi connectivity index (χ0) is 26.6. The van der Waals surface area contributed by atoms with Crippen molar-refractivity contribution in [2.45, 2.75) is 51.5 Å². The Balaban J connectivity index is 1.22. The number of hydrogen-bond acceptors (Lipinski definition) is 3. The van der Waals surface area contributed by atoms with E-state index in [4.69, 9.17) is 9.72 Å². The number of aromatic nitrogens is 2. The minimum Gasteiger partial charge on any atom is -0.493 e. The van der Waals surface area contributed by atoms with Crippen LogP contribution in [0.2, 0.25) is 0 Å². The molecule has 4 aromatic rings. The molecule has 0 atom stereocenters. The molecule has 1 N–H and O–H groups in total. The average Bonchev–Trinajstić information content (AvgIpc) is 3.29. The molecule has 198 valence electrons. The number of benzene rings is 3. The fraction of sp³-hybridized carbons (Fsp3) is 0.312.